The number of nitrogen functional groups attached to an aromatic ring is 2. The second kappa shape index (κ2) is 23.2. The van der Waals surface area contributed by atoms with Crippen molar-refractivity contribution < 1.29 is 108 Å². The summed E-state index contributed by atoms with van der Waals surface area (Å²) >= 11 is 0. The molecule has 16 atom stereocenters. The van der Waals surface area contributed by atoms with E-state index in [0.717, 1.165) is 30.7 Å². The number of imidazole rings is 3. The smallest absolute Gasteiger partial charge is 0.387 e. The summed E-state index contributed by atoms with van der Waals surface area (Å²) in [5.41, 5.74) is 10.3. The molecule has 0 aromatic carbocycles. The number of hydrogen-bond donors (Lipinski definition) is 12. The molecule has 3 aliphatic heterocycles. The van der Waals surface area contributed by atoms with Gasteiger partial charge in [0.2, 0.25) is 24.5 Å². The minimum absolute atomic E-state index is 0.0191. The molecule has 0 aliphatic carbocycles. The largest absolute Gasteiger partial charge is 0.490 e. The first-order valence-electron chi connectivity index (χ1n) is 23.5. The van der Waals surface area contributed by atoms with Crippen molar-refractivity contribution in [1.82, 2.24) is 53.6 Å². The molecule has 3 saturated heterocycles. The second-order valence-corrected chi connectivity index (χ2v) is 24.0. The van der Waals surface area contributed by atoms with Crippen molar-refractivity contribution in [1.29, 1.82) is 0 Å². The number of nitrogens with one attached hydrogen (secondary N) is 3. The zero-order valence-corrected chi connectivity index (χ0v) is 45.5. The van der Waals surface area contributed by atoms with Gasteiger partial charge in [-0.15, -0.1) is 0 Å². The first-order chi connectivity index (χ1) is 37.7. The number of hydrogen-bond acceptors (Lipinski definition) is 29. The summed E-state index contributed by atoms with van der Waals surface area (Å²) in [4.78, 5) is 97.7. The Morgan fingerprint density at radius 3 is 1.99 bits per heavy atom. The van der Waals surface area contributed by atoms with E-state index in [4.69, 9.17) is 53.2 Å². The van der Waals surface area contributed by atoms with Gasteiger partial charge >= 0.3 is 36.9 Å². The minimum Gasteiger partial charge on any atom is -0.387 e. The monoisotopic (exact) mass is 1220 g/mol. The highest BCUT2D eigenvalue weighted by molar-refractivity contribution is 7.66. The molecule has 9 rings (SSSR count). The van der Waals surface area contributed by atoms with Crippen LogP contribution in [0.25, 0.3) is 33.5 Å². The van der Waals surface area contributed by atoms with Crippen molar-refractivity contribution >= 4 is 82.5 Å². The molecule has 3 fully saturated rings. The minimum atomic E-state index is -6.18. The zero-order valence-electron chi connectivity index (χ0n) is 42.0. The first-order valence-corrected chi connectivity index (χ1v) is 29.5. The summed E-state index contributed by atoms with van der Waals surface area (Å²) in [5.74, 6) is -1.20. The summed E-state index contributed by atoms with van der Waals surface area (Å²) in [6.45, 7) is -0.933. The number of anilines is 3. The van der Waals surface area contributed by atoms with E-state index in [1.54, 1.807) is 14.0 Å². The van der Waals surface area contributed by atoms with Gasteiger partial charge in [0.25, 0.3) is 16.7 Å². The highest BCUT2D eigenvalue weighted by Crippen LogP contribution is 2.68. The van der Waals surface area contributed by atoms with Crippen LogP contribution in [0.2, 0.25) is 0 Å². The fourth-order valence-electron chi connectivity index (χ4n) is 9.22. The predicted molar refractivity (Wildman–Crippen MR) is 263 cm³/mol. The molecule has 14 N–H and O–H groups in total. The maximum absolute atomic E-state index is 13.7. The normalized spacial score (nSPS) is 29.3. The van der Waals surface area contributed by atoms with Crippen molar-refractivity contribution in [3.63, 3.8) is 0 Å². The van der Waals surface area contributed by atoms with E-state index in [2.05, 4.69) is 53.8 Å². The fraction of sp³-hybridized carbons (Fsp3) is 0.595. The van der Waals surface area contributed by atoms with E-state index in [0.29, 0.717) is 6.54 Å². The van der Waals surface area contributed by atoms with Crippen molar-refractivity contribution in [3.05, 3.63) is 46.0 Å². The lowest BCUT2D eigenvalue weighted by Gasteiger charge is -2.26. The molecule has 39 nitrogen and oxygen atoms in total. The average molecular weight is 1220 g/mol. The Hall–Kier alpha value is -5.15. The molecule has 0 amide bonds. The van der Waals surface area contributed by atoms with Crippen molar-refractivity contribution in [3.8, 4) is 0 Å². The van der Waals surface area contributed by atoms with Gasteiger partial charge in [-0.1, -0.05) is 0 Å². The molecule has 4 unspecified atom stereocenters. The summed E-state index contributed by atoms with van der Waals surface area (Å²) < 4.78 is 116. The number of aromatic nitrogens is 12. The molecule has 3 aliphatic rings. The van der Waals surface area contributed by atoms with Crippen molar-refractivity contribution in [2.24, 2.45) is 13.0 Å². The van der Waals surface area contributed by atoms with Crippen molar-refractivity contribution in [2.45, 2.75) is 80.9 Å². The zero-order chi connectivity index (χ0) is 57.8. The number of nitrogens with two attached hydrogens (primary N) is 2. The third kappa shape index (κ3) is 12.3. The van der Waals surface area contributed by atoms with Crippen LogP contribution >= 0.6 is 31.3 Å². The highest BCUT2D eigenvalue weighted by Gasteiger charge is 2.54. The van der Waals surface area contributed by atoms with Crippen LogP contribution in [0, 0.1) is 5.92 Å². The van der Waals surface area contributed by atoms with E-state index in [9.17, 15) is 62.7 Å². The van der Waals surface area contributed by atoms with Crippen LogP contribution in [0.15, 0.2) is 34.9 Å². The quantitative estimate of drug-likeness (QED) is 0.0219. The number of phosphoric ester groups is 3. The number of aliphatic hydroxyl groups excluding tert-OH is 3. The number of rotatable bonds is 24. The molecule has 80 heavy (non-hydrogen) atoms. The number of ether oxygens (including phenoxy) is 5. The van der Waals surface area contributed by atoms with Crippen LogP contribution in [0.5, 0.6) is 0 Å². The molecule has 6 aromatic heterocycles. The number of phosphoric acid groups is 4. The second-order valence-electron chi connectivity index (χ2n) is 17.9. The molecular formula is C37H54N15O24P4+. The standard InChI is InChI=1S/C37H53N15O24P4/c1-5-40-37-46-30-21(32(57)48-37)49(2)14-52(30)33-22(53)15(6-7-66-3)16(71-33)8-69-78(60,61)75-80(64,65)76-79(62,63)70-10-18-25(26(67-4)35(73-18)50-12-43-19-27(38)41-11-42-28(19)50)74-77(58,59)68-9-17-23(54)24(55)34(72-17)51-13-44-20-29(51)45-36(39)47-31(20)56/h11-18,22-26,33-35,53-55H,5-10H2,1-4H3,(H10-,38,39,40,41,42,45,46,47,48,56,57,58,59,60,61,62,63,64,65)/p+1/t15-,16-,17-,18-,22-,23-,24-,25-,26-,33-,34-,35-/m1/s1. The van der Waals surface area contributed by atoms with Gasteiger partial charge in [0, 0.05) is 33.3 Å². The third-order valence-electron chi connectivity index (χ3n) is 12.7. The van der Waals surface area contributed by atoms with Crippen LogP contribution in [0.3, 0.4) is 0 Å². The van der Waals surface area contributed by atoms with Gasteiger partial charge in [-0.3, -0.25) is 46.8 Å². The Bertz CT molecular complexity index is 3570. The summed E-state index contributed by atoms with van der Waals surface area (Å²) in [7, 11) is -19.3. The Labute approximate surface area is 447 Å². The molecule has 0 bridgehead atoms. The van der Waals surface area contributed by atoms with E-state index in [1.165, 1.54) is 27.1 Å². The summed E-state index contributed by atoms with van der Waals surface area (Å²) in [5, 5.41) is 36.2. The Morgan fingerprint density at radius 2 is 1.31 bits per heavy atom. The van der Waals surface area contributed by atoms with E-state index >= 15 is 0 Å². The molecular weight excluding hydrogens is 1160 g/mol. The van der Waals surface area contributed by atoms with Crippen LogP contribution < -0.4 is 32.5 Å². The molecule has 440 valence electrons. The number of aromatic amines is 2. The topological polar surface area (TPSA) is 537 Å². The number of H-pyrrole nitrogens is 2. The van der Waals surface area contributed by atoms with Crippen LogP contribution in [-0.2, 0) is 75.7 Å². The molecule has 0 saturated carbocycles. The van der Waals surface area contributed by atoms with E-state index in [-0.39, 0.29) is 64.2 Å². The fourth-order valence-corrected chi connectivity index (χ4v) is 13.7. The molecule has 0 radical (unpaired) electrons. The molecule has 43 heteroatoms. The Morgan fingerprint density at radius 1 is 0.700 bits per heavy atom. The van der Waals surface area contributed by atoms with Crippen LogP contribution in [0.1, 0.15) is 32.0 Å². The van der Waals surface area contributed by atoms with E-state index in [1.807, 2.05) is 0 Å². The van der Waals surface area contributed by atoms with Gasteiger partial charge in [-0.25, -0.2) is 42.8 Å². The lowest BCUT2D eigenvalue weighted by atomic mass is 9.95. The van der Waals surface area contributed by atoms with Crippen molar-refractivity contribution in [2.75, 3.05) is 64.0 Å². The first kappa shape index (κ1) is 59.5. The number of fused-ring (bicyclic) bond motifs is 3. The molecule has 9 heterocycles. The third-order valence-corrected chi connectivity index (χ3v) is 18.0. The number of aliphatic hydroxyl groups is 3. The van der Waals surface area contributed by atoms with Gasteiger partial charge in [0.1, 0.15) is 54.6 Å². The highest BCUT2D eigenvalue weighted by atomic mass is 31.3. The number of methoxy groups -OCH3 is 2. The summed E-state index contributed by atoms with van der Waals surface area (Å²) in [6, 6.07) is 0. The number of aryl methyl sites for hydroxylation is 1. The lowest BCUT2D eigenvalue weighted by molar-refractivity contribution is -0.646. The van der Waals surface area contributed by atoms with E-state index < -0.39 is 136 Å². The molecule has 6 aromatic rings. The van der Waals surface area contributed by atoms with Gasteiger partial charge in [-0.05, 0) is 13.3 Å². The van der Waals surface area contributed by atoms with Gasteiger partial charge in [0.15, 0.2) is 35.1 Å². The average Bonchev–Trinajstić information content (AvgIpc) is 4.27. The predicted octanol–water partition coefficient (Wildman–Crippen LogP) is -2.57. The lowest BCUT2D eigenvalue weighted by Crippen LogP contribution is -2.38. The number of nitrogens with zero attached hydrogens (tertiary/aromatic N) is 10. The maximum Gasteiger partial charge on any atom is 0.490 e. The van der Waals surface area contributed by atoms with Gasteiger partial charge in [0.05, 0.1) is 45.6 Å². The molecule has 0 spiro atoms. The summed E-state index contributed by atoms with van der Waals surface area (Å²) in [6.07, 6.45) is -12.5. The van der Waals surface area contributed by atoms with Crippen LogP contribution in [-0.4, -0.2) is 184 Å². The maximum atomic E-state index is 13.7. The van der Waals surface area contributed by atoms with Crippen LogP contribution in [0.4, 0.5) is 17.7 Å². The van der Waals surface area contributed by atoms with Gasteiger partial charge < -0.3 is 75.4 Å². The SMILES string of the molecule is CCNc1nc2c(c(=O)[nH]1)[n+](C)cn2[C@@H]1O[C@H](COP(=O)(O)OP(=O)(O)OP(=O)(O)OC[C@H]2O[C@@H](n3cnc4c(N)ncnc43)[C@H](OC)[C@@H]2OP(=O)(O)OC[C@H]2O[C@@H](n3cnc4c(=O)[nH]c(N)nc43)[C@H](O)[C@@H]2O)[C@@H](CCOC)[C@H]1O. The Balaban J connectivity index is 0.871. The van der Waals surface area contributed by atoms with Gasteiger partial charge in [-0.2, -0.15) is 23.2 Å². The Kier molecular flexibility index (Phi) is 17.3.